The van der Waals surface area contributed by atoms with Crippen LogP contribution in [0.3, 0.4) is 0 Å². The van der Waals surface area contributed by atoms with Gasteiger partial charge in [-0.25, -0.2) is 0 Å². The predicted molar refractivity (Wildman–Crippen MR) is 71.3 cm³/mol. The van der Waals surface area contributed by atoms with E-state index in [1.807, 2.05) is 42.5 Å². The van der Waals surface area contributed by atoms with Crippen LogP contribution in [-0.4, -0.2) is 10.9 Å². The first-order chi connectivity index (χ1) is 8.72. The van der Waals surface area contributed by atoms with E-state index >= 15 is 0 Å². The van der Waals surface area contributed by atoms with Gasteiger partial charge in [0.25, 0.3) is 0 Å². The van der Waals surface area contributed by atoms with Crippen LogP contribution in [-0.2, 0) is 10.4 Å². The molecule has 92 valence electrons. The Morgan fingerprint density at radius 3 is 2.61 bits per heavy atom. The lowest BCUT2D eigenvalue weighted by Gasteiger charge is -2.31. The number of carbonyl (C=O) groups excluding carboxylic acids is 1. The van der Waals surface area contributed by atoms with Crippen molar-refractivity contribution in [2.24, 2.45) is 0 Å². The molecule has 0 unspecified atom stereocenters. The molecule has 0 saturated heterocycles. The second-order valence-electron chi connectivity index (χ2n) is 5.02. The quantitative estimate of drug-likeness (QED) is 0.831. The number of aliphatic hydroxyl groups is 1. The Balaban J connectivity index is 2.22. The first-order valence-corrected chi connectivity index (χ1v) is 6.46. The summed E-state index contributed by atoms with van der Waals surface area (Å²) in [5.41, 5.74) is -0.510. The van der Waals surface area contributed by atoms with Crippen molar-refractivity contribution in [3.05, 3.63) is 48.0 Å². The summed E-state index contributed by atoms with van der Waals surface area (Å²) in [7, 11) is 0. The molecule has 1 aliphatic rings. The highest BCUT2D eigenvalue weighted by Crippen LogP contribution is 2.37. The molecule has 1 atom stereocenters. The van der Waals surface area contributed by atoms with Gasteiger partial charge in [-0.1, -0.05) is 42.5 Å². The molecule has 2 aromatic carbocycles. The molecular formula is C16H16O2. The van der Waals surface area contributed by atoms with Crippen molar-refractivity contribution < 1.29 is 9.90 Å². The Labute approximate surface area is 106 Å². The molecule has 0 aliphatic heterocycles. The third-order valence-electron chi connectivity index (χ3n) is 3.89. The predicted octanol–water partition coefficient (Wildman–Crippen LogP) is 3.17. The van der Waals surface area contributed by atoms with Gasteiger partial charge in [0.1, 0.15) is 5.60 Å². The zero-order valence-electron chi connectivity index (χ0n) is 10.2. The van der Waals surface area contributed by atoms with Crippen LogP contribution >= 0.6 is 0 Å². The number of rotatable bonds is 1. The van der Waals surface area contributed by atoms with Crippen LogP contribution in [0.1, 0.15) is 31.2 Å². The molecule has 18 heavy (non-hydrogen) atoms. The van der Waals surface area contributed by atoms with Crippen molar-refractivity contribution in [1.29, 1.82) is 0 Å². The number of Topliss-reactive ketones (excluding diaryl/α,β-unsaturated/α-hetero) is 1. The van der Waals surface area contributed by atoms with Crippen molar-refractivity contribution in [1.82, 2.24) is 0 Å². The summed E-state index contributed by atoms with van der Waals surface area (Å²) in [5, 5.41) is 12.8. The average molecular weight is 240 g/mol. The van der Waals surface area contributed by atoms with Gasteiger partial charge < -0.3 is 5.11 Å². The van der Waals surface area contributed by atoms with E-state index in [1.165, 1.54) is 0 Å². The van der Waals surface area contributed by atoms with E-state index in [0.29, 0.717) is 12.8 Å². The van der Waals surface area contributed by atoms with Gasteiger partial charge in [0.2, 0.25) is 0 Å². The normalized spacial score (nSPS) is 24.4. The molecule has 0 bridgehead atoms. The largest absolute Gasteiger partial charge is 0.377 e. The molecule has 1 saturated carbocycles. The molecule has 0 aromatic heterocycles. The second kappa shape index (κ2) is 4.21. The fourth-order valence-corrected chi connectivity index (χ4v) is 2.88. The number of benzene rings is 2. The standard InChI is InChI=1S/C16H16O2/c17-15-10-3-4-11-16(15,18)14-9-5-7-12-6-1-2-8-13(12)14/h1-2,5-9,18H,3-4,10-11H2/t16-/m0/s1. The molecule has 0 heterocycles. The van der Waals surface area contributed by atoms with E-state index in [-0.39, 0.29) is 5.78 Å². The van der Waals surface area contributed by atoms with Crippen molar-refractivity contribution >= 4 is 16.6 Å². The van der Waals surface area contributed by atoms with Crippen molar-refractivity contribution in [3.8, 4) is 0 Å². The van der Waals surface area contributed by atoms with Crippen LogP contribution in [0.4, 0.5) is 0 Å². The third kappa shape index (κ3) is 1.65. The van der Waals surface area contributed by atoms with Crippen molar-refractivity contribution in [2.45, 2.75) is 31.3 Å². The molecule has 0 amide bonds. The summed E-state index contributed by atoms with van der Waals surface area (Å²) in [5.74, 6) is -0.0369. The topological polar surface area (TPSA) is 37.3 Å². The Morgan fingerprint density at radius 1 is 1.00 bits per heavy atom. The van der Waals surface area contributed by atoms with E-state index in [9.17, 15) is 9.90 Å². The third-order valence-corrected chi connectivity index (χ3v) is 3.89. The zero-order chi connectivity index (χ0) is 12.6. The van der Waals surface area contributed by atoms with E-state index in [0.717, 1.165) is 29.2 Å². The summed E-state index contributed by atoms with van der Waals surface area (Å²) >= 11 is 0. The summed E-state index contributed by atoms with van der Waals surface area (Å²) in [6, 6.07) is 13.7. The summed E-state index contributed by atoms with van der Waals surface area (Å²) in [6.07, 6.45) is 2.83. The van der Waals surface area contributed by atoms with Crippen LogP contribution < -0.4 is 0 Å². The molecule has 1 aliphatic carbocycles. The first-order valence-electron chi connectivity index (χ1n) is 6.46. The lowest BCUT2D eigenvalue weighted by molar-refractivity contribution is -0.142. The minimum atomic E-state index is -1.28. The van der Waals surface area contributed by atoms with Crippen LogP contribution in [0.2, 0.25) is 0 Å². The van der Waals surface area contributed by atoms with Crippen LogP contribution in [0.25, 0.3) is 10.8 Å². The summed E-state index contributed by atoms with van der Waals surface area (Å²) in [4.78, 5) is 12.1. The maximum absolute atomic E-state index is 12.1. The minimum Gasteiger partial charge on any atom is -0.377 e. The molecule has 1 fully saturated rings. The van der Waals surface area contributed by atoms with Gasteiger partial charge >= 0.3 is 0 Å². The van der Waals surface area contributed by atoms with Crippen molar-refractivity contribution in [3.63, 3.8) is 0 Å². The average Bonchev–Trinajstić information content (AvgIpc) is 2.41. The van der Waals surface area contributed by atoms with E-state index in [4.69, 9.17) is 0 Å². The second-order valence-corrected chi connectivity index (χ2v) is 5.02. The Kier molecular flexibility index (Phi) is 2.67. The Hall–Kier alpha value is -1.67. The number of fused-ring (bicyclic) bond motifs is 1. The summed E-state index contributed by atoms with van der Waals surface area (Å²) < 4.78 is 0. The Morgan fingerprint density at radius 2 is 1.78 bits per heavy atom. The smallest absolute Gasteiger partial charge is 0.168 e. The van der Waals surface area contributed by atoms with Gasteiger partial charge in [-0.05, 0) is 35.6 Å². The Bertz CT molecular complexity index is 598. The SMILES string of the molecule is O=C1CCCC[C@]1(O)c1cccc2ccccc12. The molecule has 2 nitrogen and oxygen atoms in total. The minimum absolute atomic E-state index is 0.0369. The highest BCUT2D eigenvalue weighted by atomic mass is 16.3. The molecule has 3 rings (SSSR count). The lowest BCUT2D eigenvalue weighted by Crippen LogP contribution is -2.38. The molecule has 2 heteroatoms. The fraction of sp³-hybridized carbons (Fsp3) is 0.312. The van der Waals surface area contributed by atoms with Crippen LogP contribution in [0.5, 0.6) is 0 Å². The van der Waals surface area contributed by atoms with Gasteiger partial charge in [-0.2, -0.15) is 0 Å². The van der Waals surface area contributed by atoms with Gasteiger partial charge in [0, 0.05) is 6.42 Å². The number of hydrogen-bond donors (Lipinski definition) is 1. The zero-order valence-corrected chi connectivity index (χ0v) is 10.2. The van der Waals surface area contributed by atoms with Crippen LogP contribution in [0, 0.1) is 0 Å². The van der Waals surface area contributed by atoms with E-state index in [2.05, 4.69) is 0 Å². The monoisotopic (exact) mass is 240 g/mol. The number of ketones is 1. The first kappa shape index (κ1) is 11.4. The lowest BCUT2D eigenvalue weighted by atomic mass is 9.77. The maximum Gasteiger partial charge on any atom is 0.168 e. The van der Waals surface area contributed by atoms with E-state index in [1.54, 1.807) is 0 Å². The molecule has 0 spiro atoms. The molecule has 2 aromatic rings. The highest BCUT2D eigenvalue weighted by molar-refractivity contribution is 5.95. The van der Waals surface area contributed by atoms with Gasteiger partial charge in [-0.15, -0.1) is 0 Å². The van der Waals surface area contributed by atoms with E-state index < -0.39 is 5.60 Å². The maximum atomic E-state index is 12.1. The van der Waals surface area contributed by atoms with Gasteiger partial charge in [0.15, 0.2) is 5.78 Å². The van der Waals surface area contributed by atoms with Gasteiger partial charge in [-0.3, -0.25) is 4.79 Å². The molecular weight excluding hydrogens is 224 g/mol. The summed E-state index contributed by atoms with van der Waals surface area (Å²) in [6.45, 7) is 0. The van der Waals surface area contributed by atoms with Gasteiger partial charge in [0.05, 0.1) is 0 Å². The molecule has 1 N–H and O–H groups in total. The molecule has 0 radical (unpaired) electrons. The number of hydrogen-bond acceptors (Lipinski definition) is 2. The number of carbonyl (C=O) groups is 1. The van der Waals surface area contributed by atoms with Crippen molar-refractivity contribution in [2.75, 3.05) is 0 Å². The van der Waals surface area contributed by atoms with Crippen LogP contribution in [0.15, 0.2) is 42.5 Å². The fourth-order valence-electron chi connectivity index (χ4n) is 2.88. The highest BCUT2D eigenvalue weighted by Gasteiger charge is 2.40.